The van der Waals surface area contributed by atoms with Crippen LogP contribution in [-0.4, -0.2) is 23.4 Å². The summed E-state index contributed by atoms with van der Waals surface area (Å²) in [5, 5.41) is 16.6. The van der Waals surface area contributed by atoms with E-state index in [0.29, 0.717) is 13.0 Å². The maximum absolute atomic E-state index is 11.6. The van der Waals surface area contributed by atoms with Gasteiger partial charge in [0.15, 0.2) is 0 Å². The minimum atomic E-state index is -0.543. The van der Waals surface area contributed by atoms with Crippen molar-refractivity contribution in [2.24, 2.45) is 0 Å². The van der Waals surface area contributed by atoms with Crippen molar-refractivity contribution >= 4 is 23.0 Å². The number of carbonyl (C=O) groups is 1. The lowest BCUT2D eigenvalue weighted by Gasteiger charge is -2.23. The first-order valence-corrected chi connectivity index (χ1v) is 5.66. The minimum absolute atomic E-state index is 0.0845. The molecule has 1 saturated heterocycles. The lowest BCUT2D eigenvalue weighted by Crippen LogP contribution is -2.44. The number of rotatable bonds is 3. The zero-order valence-electron chi connectivity index (χ0n) is 9.68. The molecular weight excluding hydrogens is 236 g/mol. The average molecular weight is 250 g/mol. The van der Waals surface area contributed by atoms with Crippen molar-refractivity contribution in [1.29, 1.82) is 0 Å². The van der Waals surface area contributed by atoms with Gasteiger partial charge in [-0.1, -0.05) is 6.07 Å². The number of carbonyl (C=O) groups excluding carboxylic acids is 1. The number of piperidine rings is 1. The molecule has 1 aliphatic heterocycles. The lowest BCUT2D eigenvalue weighted by atomic mass is 10.1. The van der Waals surface area contributed by atoms with Crippen LogP contribution in [0.15, 0.2) is 18.2 Å². The quantitative estimate of drug-likeness (QED) is 0.419. The summed E-state index contributed by atoms with van der Waals surface area (Å²) in [6, 6.07) is 4.19. The number of benzene rings is 1. The Balaban J connectivity index is 2.25. The predicted molar refractivity (Wildman–Crippen MR) is 67.2 cm³/mol. The summed E-state index contributed by atoms with van der Waals surface area (Å²) in [5.74, 6) is -0.141. The van der Waals surface area contributed by atoms with Gasteiger partial charge in [-0.05, 0) is 25.0 Å². The van der Waals surface area contributed by atoms with Gasteiger partial charge < -0.3 is 16.4 Å². The summed E-state index contributed by atoms with van der Waals surface area (Å²) in [5.41, 5.74) is 5.76. The highest BCUT2D eigenvalue weighted by Gasteiger charge is 2.25. The molecule has 1 aromatic rings. The van der Waals surface area contributed by atoms with Crippen molar-refractivity contribution in [3.05, 3.63) is 28.3 Å². The first kappa shape index (κ1) is 12.2. The number of nitro groups is 1. The molecule has 0 spiro atoms. The zero-order chi connectivity index (χ0) is 13.1. The van der Waals surface area contributed by atoms with Crippen LogP contribution in [-0.2, 0) is 4.79 Å². The molecule has 0 aromatic heterocycles. The van der Waals surface area contributed by atoms with Crippen molar-refractivity contribution in [2.45, 2.75) is 18.9 Å². The second-order valence-electron chi connectivity index (χ2n) is 4.13. The first-order chi connectivity index (χ1) is 8.59. The van der Waals surface area contributed by atoms with Crippen LogP contribution >= 0.6 is 0 Å². The van der Waals surface area contributed by atoms with E-state index in [-0.39, 0.29) is 23.0 Å². The number of nitro benzene ring substituents is 1. The van der Waals surface area contributed by atoms with E-state index in [1.807, 2.05) is 0 Å². The Bertz CT molecular complexity index is 489. The maximum Gasteiger partial charge on any atom is 0.314 e. The third-order valence-corrected chi connectivity index (χ3v) is 2.86. The van der Waals surface area contributed by atoms with Crippen molar-refractivity contribution < 1.29 is 9.72 Å². The molecule has 1 heterocycles. The number of amides is 1. The highest BCUT2D eigenvalue weighted by Crippen LogP contribution is 2.31. The van der Waals surface area contributed by atoms with E-state index in [0.717, 1.165) is 6.42 Å². The molecule has 1 unspecified atom stereocenters. The van der Waals surface area contributed by atoms with Crippen LogP contribution in [0, 0.1) is 10.1 Å². The molecule has 0 aliphatic carbocycles. The number of anilines is 2. The van der Waals surface area contributed by atoms with Crippen LogP contribution in [0.2, 0.25) is 0 Å². The summed E-state index contributed by atoms with van der Waals surface area (Å²) in [6.45, 7) is 0.649. The fourth-order valence-electron chi connectivity index (χ4n) is 1.98. The van der Waals surface area contributed by atoms with Gasteiger partial charge in [0.2, 0.25) is 5.91 Å². The molecule has 1 fully saturated rings. The summed E-state index contributed by atoms with van der Waals surface area (Å²) >= 11 is 0. The van der Waals surface area contributed by atoms with Crippen LogP contribution in [0.4, 0.5) is 17.1 Å². The van der Waals surface area contributed by atoms with Crippen LogP contribution in [0.25, 0.3) is 0 Å². The van der Waals surface area contributed by atoms with Gasteiger partial charge in [0.05, 0.1) is 4.92 Å². The van der Waals surface area contributed by atoms with Gasteiger partial charge in [-0.2, -0.15) is 0 Å². The topological polar surface area (TPSA) is 110 Å². The number of nitrogens with two attached hydrogens (primary N) is 1. The molecule has 4 N–H and O–H groups in total. The number of nitrogen functional groups attached to an aromatic ring is 1. The normalized spacial score (nSPS) is 19.1. The third-order valence-electron chi connectivity index (χ3n) is 2.86. The van der Waals surface area contributed by atoms with Gasteiger partial charge in [0, 0.05) is 6.54 Å². The fraction of sp³-hybridized carbons (Fsp3) is 0.364. The van der Waals surface area contributed by atoms with Crippen molar-refractivity contribution in [3.8, 4) is 0 Å². The maximum atomic E-state index is 11.6. The van der Waals surface area contributed by atoms with Crippen molar-refractivity contribution in [3.63, 3.8) is 0 Å². The largest absolute Gasteiger partial charge is 0.393 e. The number of hydrogen-bond donors (Lipinski definition) is 3. The van der Waals surface area contributed by atoms with Gasteiger partial charge in [0.25, 0.3) is 0 Å². The van der Waals surface area contributed by atoms with Crippen LogP contribution in [0.5, 0.6) is 0 Å². The Morgan fingerprint density at radius 3 is 2.94 bits per heavy atom. The minimum Gasteiger partial charge on any atom is -0.393 e. The van der Waals surface area contributed by atoms with Crippen molar-refractivity contribution in [2.75, 3.05) is 17.6 Å². The Morgan fingerprint density at radius 1 is 1.50 bits per heavy atom. The molecule has 1 aromatic carbocycles. The number of hydrogen-bond acceptors (Lipinski definition) is 5. The van der Waals surface area contributed by atoms with Gasteiger partial charge >= 0.3 is 5.69 Å². The molecule has 7 nitrogen and oxygen atoms in total. The van der Waals surface area contributed by atoms with E-state index in [1.165, 1.54) is 6.07 Å². The highest BCUT2D eigenvalue weighted by molar-refractivity contribution is 5.87. The number of nitrogens with one attached hydrogen (secondary N) is 2. The molecule has 96 valence electrons. The van der Waals surface area contributed by atoms with E-state index in [1.54, 1.807) is 12.1 Å². The summed E-state index contributed by atoms with van der Waals surface area (Å²) in [6.07, 6.45) is 1.50. The smallest absolute Gasteiger partial charge is 0.314 e. The predicted octanol–water partition coefficient (Wildman–Crippen LogP) is 0.867. The van der Waals surface area contributed by atoms with E-state index in [4.69, 9.17) is 5.73 Å². The lowest BCUT2D eigenvalue weighted by molar-refractivity contribution is -0.383. The Labute approximate surface area is 104 Å². The standard InChI is InChI=1S/C11H14N4O3/c12-7-3-1-4-8(10(7)15(17)18)14-9-5-2-6-13-11(9)16/h1,3-4,9,14H,2,5-6,12H2,(H,13,16). The van der Waals surface area contributed by atoms with Gasteiger partial charge in [-0.15, -0.1) is 0 Å². The third kappa shape index (κ3) is 2.34. The first-order valence-electron chi connectivity index (χ1n) is 5.66. The molecular formula is C11H14N4O3. The van der Waals surface area contributed by atoms with Gasteiger partial charge in [-0.25, -0.2) is 0 Å². The molecule has 1 aliphatic rings. The van der Waals surface area contributed by atoms with Crippen LogP contribution < -0.4 is 16.4 Å². The van der Waals surface area contributed by atoms with E-state index < -0.39 is 11.0 Å². The van der Waals surface area contributed by atoms with E-state index in [9.17, 15) is 14.9 Å². The van der Waals surface area contributed by atoms with Gasteiger partial charge in [-0.3, -0.25) is 14.9 Å². The molecule has 7 heteroatoms. The van der Waals surface area contributed by atoms with E-state index >= 15 is 0 Å². The molecule has 0 saturated carbocycles. The molecule has 0 radical (unpaired) electrons. The van der Waals surface area contributed by atoms with Crippen LogP contribution in [0.1, 0.15) is 12.8 Å². The Morgan fingerprint density at radius 2 is 2.28 bits per heavy atom. The highest BCUT2D eigenvalue weighted by atomic mass is 16.6. The van der Waals surface area contributed by atoms with Crippen LogP contribution in [0.3, 0.4) is 0 Å². The van der Waals surface area contributed by atoms with E-state index in [2.05, 4.69) is 10.6 Å². The molecule has 0 bridgehead atoms. The monoisotopic (exact) mass is 250 g/mol. The van der Waals surface area contributed by atoms with Crippen molar-refractivity contribution in [1.82, 2.24) is 5.32 Å². The second kappa shape index (κ2) is 4.91. The zero-order valence-corrected chi connectivity index (χ0v) is 9.68. The summed E-state index contributed by atoms with van der Waals surface area (Å²) in [7, 11) is 0. The average Bonchev–Trinajstić information content (AvgIpc) is 2.31. The Hall–Kier alpha value is -2.31. The second-order valence-corrected chi connectivity index (χ2v) is 4.13. The number of para-hydroxylation sites is 1. The summed E-state index contributed by atoms with van der Waals surface area (Å²) in [4.78, 5) is 22.0. The number of nitrogens with zero attached hydrogens (tertiary/aromatic N) is 1. The Kier molecular flexibility index (Phi) is 3.31. The summed E-state index contributed by atoms with van der Waals surface area (Å²) < 4.78 is 0. The molecule has 2 rings (SSSR count). The molecule has 1 atom stereocenters. The molecule has 1 amide bonds. The molecule has 18 heavy (non-hydrogen) atoms. The SMILES string of the molecule is Nc1cccc(NC2CCCNC2=O)c1[N+](=O)[O-]. The van der Waals surface area contributed by atoms with Gasteiger partial charge in [0.1, 0.15) is 17.4 Å². The fourth-order valence-corrected chi connectivity index (χ4v) is 1.98.